The number of thioether (sulfide) groups is 1. The summed E-state index contributed by atoms with van der Waals surface area (Å²) in [5.41, 5.74) is 1.18. The van der Waals surface area contributed by atoms with Gasteiger partial charge in [0.25, 0.3) is 0 Å². The molecule has 1 aromatic heterocycles. The first-order chi connectivity index (χ1) is 13.0. The highest BCUT2D eigenvalue weighted by molar-refractivity contribution is 9.10. The van der Waals surface area contributed by atoms with Crippen LogP contribution in [0, 0.1) is 5.92 Å². The molecule has 0 aliphatic heterocycles. The number of Topliss-reactive ketones (excluding diaryl/α,β-unsaturated/α-hetero) is 3. The van der Waals surface area contributed by atoms with Crippen LogP contribution < -0.4 is 0 Å². The lowest BCUT2D eigenvalue weighted by atomic mass is 9.81. The van der Waals surface area contributed by atoms with Gasteiger partial charge in [0.15, 0.2) is 17.3 Å². The van der Waals surface area contributed by atoms with Gasteiger partial charge in [0, 0.05) is 28.6 Å². The summed E-state index contributed by atoms with van der Waals surface area (Å²) in [7, 11) is 0. The number of aromatic nitrogens is 4. The quantitative estimate of drug-likeness (QED) is 0.380. The van der Waals surface area contributed by atoms with Gasteiger partial charge < -0.3 is 0 Å². The highest BCUT2D eigenvalue weighted by Crippen LogP contribution is 2.37. The second-order valence-electron chi connectivity index (χ2n) is 6.81. The Labute approximate surface area is 168 Å². The summed E-state index contributed by atoms with van der Waals surface area (Å²) in [4.78, 5) is 37.4. The number of rotatable bonds is 6. The maximum atomic E-state index is 13.0. The molecule has 7 nitrogen and oxygen atoms in total. The predicted octanol–water partition coefficient (Wildman–Crippen LogP) is 3.18. The molecule has 9 heteroatoms. The van der Waals surface area contributed by atoms with Crippen molar-refractivity contribution in [2.24, 2.45) is 5.92 Å². The second kappa shape index (κ2) is 7.63. The standard InChI is InChI=1S/C18H17BrN4O3S/c19-11-4-7-13(17(26)16-14(24)2-1-3-15(16)25)10(8-11)9-27-18-20-21-22-23(18)12-5-6-12/h4,7-8,12,16H,1-3,5-6,9H2. The lowest BCUT2D eigenvalue weighted by molar-refractivity contribution is -0.133. The molecule has 0 atom stereocenters. The van der Waals surface area contributed by atoms with E-state index in [9.17, 15) is 14.4 Å². The molecule has 140 valence electrons. The first-order valence-electron chi connectivity index (χ1n) is 8.83. The van der Waals surface area contributed by atoms with Gasteiger partial charge in [0.05, 0.1) is 6.04 Å². The fourth-order valence-electron chi connectivity index (χ4n) is 3.25. The molecule has 1 heterocycles. The molecule has 2 aromatic rings. The molecule has 2 saturated carbocycles. The van der Waals surface area contributed by atoms with Crippen molar-refractivity contribution in [3.05, 3.63) is 33.8 Å². The topological polar surface area (TPSA) is 94.8 Å². The van der Waals surface area contributed by atoms with Gasteiger partial charge in [-0.3, -0.25) is 14.4 Å². The third-order valence-corrected chi connectivity index (χ3v) is 6.27. The zero-order valence-electron chi connectivity index (χ0n) is 14.4. The summed E-state index contributed by atoms with van der Waals surface area (Å²) in [6, 6.07) is 5.65. The van der Waals surface area contributed by atoms with Crippen molar-refractivity contribution in [2.45, 2.75) is 49.1 Å². The summed E-state index contributed by atoms with van der Waals surface area (Å²) in [6.07, 6.45) is 3.27. The van der Waals surface area contributed by atoms with Crippen LogP contribution in [-0.4, -0.2) is 37.6 Å². The molecule has 0 amide bonds. The number of carbonyl (C=O) groups excluding carboxylic acids is 3. The van der Waals surface area contributed by atoms with Crippen LogP contribution in [0.4, 0.5) is 0 Å². The van der Waals surface area contributed by atoms with Crippen LogP contribution in [0.5, 0.6) is 0 Å². The minimum Gasteiger partial charge on any atom is -0.298 e. The summed E-state index contributed by atoms with van der Waals surface area (Å²) in [5, 5.41) is 12.5. The largest absolute Gasteiger partial charge is 0.298 e. The highest BCUT2D eigenvalue weighted by atomic mass is 79.9. The van der Waals surface area contributed by atoms with Crippen molar-refractivity contribution < 1.29 is 14.4 Å². The number of carbonyl (C=O) groups is 3. The van der Waals surface area contributed by atoms with E-state index in [1.165, 1.54) is 11.8 Å². The van der Waals surface area contributed by atoms with Gasteiger partial charge in [-0.05, 0) is 53.5 Å². The van der Waals surface area contributed by atoms with Crippen molar-refractivity contribution in [3.8, 4) is 0 Å². The van der Waals surface area contributed by atoms with Crippen LogP contribution in [0.25, 0.3) is 0 Å². The van der Waals surface area contributed by atoms with Crippen LogP contribution in [0.1, 0.15) is 54.1 Å². The van der Waals surface area contributed by atoms with Crippen LogP contribution in [-0.2, 0) is 15.3 Å². The molecule has 0 N–H and O–H groups in total. The molecule has 2 fully saturated rings. The lowest BCUT2D eigenvalue weighted by Gasteiger charge is -2.19. The molecule has 4 rings (SSSR count). The van der Waals surface area contributed by atoms with Crippen LogP contribution >= 0.6 is 27.7 Å². The van der Waals surface area contributed by atoms with Crippen molar-refractivity contribution in [2.75, 3.05) is 0 Å². The van der Waals surface area contributed by atoms with E-state index in [2.05, 4.69) is 31.5 Å². The van der Waals surface area contributed by atoms with Crippen molar-refractivity contribution in [1.29, 1.82) is 0 Å². The zero-order valence-corrected chi connectivity index (χ0v) is 16.8. The van der Waals surface area contributed by atoms with E-state index in [4.69, 9.17) is 0 Å². The van der Waals surface area contributed by atoms with Gasteiger partial charge in [-0.25, -0.2) is 4.68 Å². The minimum atomic E-state index is -1.15. The van der Waals surface area contributed by atoms with Crippen LogP contribution in [0.2, 0.25) is 0 Å². The first kappa shape index (κ1) is 18.5. The average Bonchev–Trinajstić information content (AvgIpc) is 3.37. The van der Waals surface area contributed by atoms with Gasteiger partial charge >= 0.3 is 0 Å². The number of nitrogens with zero attached hydrogens (tertiary/aromatic N) is 4. The number of benzene rings is 1. The summed E-state index contributed by atoms with van der Waals surface area (Å²) < 4.78 is 2.65. The number of hydrogen-bond acceptors (Lipinski definition) is 7. The Bertz CT molecular complexity index is 909. The van der Waals surface area contributed by atoms with Gasteiger partial charge in [-0.1, -0.05) is 27.7 Å². The van der Waals surface area contributed by atoms with E-state index in [0.717, 1.165) is 22.9 Å². The van der Waals surface area contributed by atoms with E-state index in [0.29, 0.717) is 41.8 Å². The third kappa shape index (κ3) is 3.89. The van der Waals surface area contributed by atoms with E-state index in [1.54, 1.807) is 12.1 Å². The van der Waals surface area contributed by atoms with Gasteiger partial charge in [-0.2, -0.15) is 0 Å². The monoisotopic (exact) mass is 448 g/mol. The number of tetrazole rings is 1. The summed E-state index contributed by atoms with van der Waals surface area (Å²) >= 11 is 4.88. The molecule has 27 heavy (non-hydrogen) atoms. The fraction of sp³-hybridized carbons (Fsp3) is 0.444. The lowest BCUT2D eigenvalue weighted by Crippen LogP contribution is -2.35. The van der Waals surface area contributed by atoms with E-state index in [-0.39, 0.29) is 11.6 Å². The Morgan fingerprint density at radius 3 is 2.67 bits per heavy atom. The molecule has 2 aliphatic carbocycles. The Morgan fingerprint density at radius 2 is 1.96 bits per heavy atom. The zero-order chi connectivity index (χ0) is 19.0. The Morgan fingerprint density at radius 1 is 1.22 bits per heavy atom. The summed E-state index contributed by atoms with van der Waals surface area (Å²) in [6.45, 7) is 0. The predicted molar refractivity (Wildman–Crippen MR) is 101 cm³/mol. The van der Waals surface area contributed by atoms with Crippen molar-refractivity contribution >= 4 is 45.0 Å². The SMILES string of the molecule is O=C1CCCC(=O)C1C(=O)c1ccc(Br)cc1CSc1nnnn1C1CC1. The second-order valence-corrected chi connectivity index (χ2v) is 8.67. The van der Waals surface area contributed by atoms with E-state index >= 15 is 0 Å². The van der Waals surface area contributed by atoms with E-state index in [1.807, 2.05) is 10.7 Å². The Kier molecular flexibility index (Phi) is 5.23. The van der Waals surface area contributed by atoms with Crippen LogP contribution in [0.15, 0.2) is 27.8 Å². The number of halogens is 1. The van der Waals surface area contributed by atoms with Crippen molar-refractivity contribution in [1.82, 2.24) is 20.2 Å². The van der Waals surface area contributed by atoms with Gasteiger partial charge in [0.1, 0.15) is 5.92 Å². The molecule has 0 spiro atoms. The molecule has 1 aromatic carbocycles. The molecule has 0 unspecified atom stereocenters. The molecule has 0 saturated heterocycles. The van der Waals surface area contributed by atoms with E-state index < -0.39 is 11.7 Å². The molecular formula is C18H17BrN4O3S. The molecule has 2 aliphatic rings. The Balaban J connectivity index is 1.58. The molecular weight excluding hydrogens is 432 g/mol. The van der Waals surface area contributed by atoms with Gasteiger partial charge in [0.2, 0.25) is 5.16 Å². The molecule has 0 radical (unpaired) electrons. The third-order valence-electron chi connectivity index (χ3n) is 4.80. The maximum Gasteiger partial charge on any atom is 0.209 e. The molecule has 0 bridgehead atoms. The van der Waals surface area contributed by atoms with Gasteiger partial charge in [-0.15, -0.1) is 5.10 Å². The normalized spacial score (nSPS) is 18.1. The Hall–Kier alpha value is -1.87. The first-order valence-corrected chi connectivity index (χ1v) is 10.6. The smallest absolute Gasteiger partial charge is 0.209 e. The van der Waals surface area contributed by atoms with Crippen LogP contribution in [0.3, 0.4) is 0 Å². The number of ketones is 3. The minimum absolute atomic E-state index is 0.268. The number of hydrogen-bond donors (Lipinski definition) is 0. The fourth-order valence-corrected chi connectivity index (χ4v) is 4.59. The average molecular weight is 449 g/mol. The summed E-state index contributed by atoms with van der Waals surface area (Å²) in [5.74, 6) is -1.61. The maximum absolute atomic E-state index is 13.0. The highest BCUT2D eigenvalue weighted by Gasteiger charge is 2.37. The van der Waals surface area contributed by atoms with Crippen molar-refractivity contribution in [3.63, 3.8) is 0 Å².